The van der Waals surface area contributed by atoms with E-state index in [4.69, 9.17) is 27.9 Å². The van der Waals surface area contributed by atoms with Crippen molar-refractivity contribution >= 4 is 44.9 Å². The van der Waals surface area contributed by atoms with Crippen molar-refractivity contribution in [3.63, 3.8) is 0 Å². The van der Waals surface area contributed by atoms with Crippen molar-refractivity contribution in [1.29, 1.82) is 0 Å². The number of ether oxygens (including phenoxy) is 1. The van der Waals surface area contributed by atoms with Crippen LogP contribution in [0.3, 0.4) is 0 Å². The van der Waals surface area contributed by atoms with Crippen molar-refractivity contribution in [2.45, 2.75) is 62.7 Å². The van der Waals surface area contributed by atoms with Crippen molar-refractivity contribution < 1.29 is 27.9 Å². The summed E-state index contributed by atoms with van der Waals surface area (Å²) < 4.78 is 33.4. The summed E-state index contributed by atoms with van der Waals surface area (Å²) in [6.07, 6.45) is 1.60. The van der Waals surface area contributed by atoms with E-state index in [1.807, 2.05) is 25.1 Å². The Hall–Kier alpha value is -2.13. The van der Waals surface area contributed by atoms with E-state index in [2.05, 4.69) is 5.32 Å². The summed E-state index contributed by atoms with van der Waals surface area (Å²) in [5.74, 6) is -1.93. The third-order valence-electron chi connectivity index (χ3n) is 8.93. The molecule has 2 heterocycles. The predicted octanol–water partition coefficient (Wildman–Crippen LogP) is 5.59. The van der Waals surface area contributed by atoms with Crippen LogP contribution in [0, 0.1) is 16.7 Å². The van der Waals surface area contributed by atoms with Crippen LogP contribution in [-0.4, -0.2) is 50.4 Å². The second kappa shape index (κ2) is 10.6. The third-order valence-corrected chi connectivity index (χ3v) is 12.3. The van der Waals surface area contributed by atoms with Gasteiger partial charge in [0, 0.05) is 27.4 Å². The third kappa shape index (κ3) is 5.52. The van der Waals surface area contributed by atoms with Crippen LogP contribution in [0.25, 0.3) is 0 Å². The summed E-state index contributed by atoms with van der Waals surface area (Å²) in [5, 5.41) is 13.7. The number of carboxylic acids is 1. The summed E-state index contributed by atoms with van der Waals surface area (Å²) in [6, 6.07) is 13.8. The average Bonchev–Trinajstić information content (AvgIpc) is 3.69. The molecule has 40 heavy (non-hydrogen) atoms. The Morgan fingerprint density at radius 3 is 2.33 bits per heavy atom. The highest BCUT2D eigenvalue weighted by Crippen LogP contribution is 2.57. The smallest absolute Gasteiger partial charge is 0.304 e. The minimum Gasteiger partial charge on any atom is -0.481 e. The molecule has 2 aliphatic heterocycles. The van der Waals surface area contributed by atoms with Crippen LogP contribution in [0.4, 0.5) is 0 Å². The van der Waals surface area contributed by atoms with Crippen LogP contribution in [0.1, 0.15) is 63.0 Å². The van der Waals surface area contributed by atoms with Crippen molar-refractivity contribution in [1.82, 2.24) is 5.32 Å². The molecule has 4 atom stereocenters. The van der Waals surface area contributed by atoms with Gasteiger partial charge in [0.15, 0.2) is 9.84 Å². The van der Waals surface area contributed by atoms with Gasteiger partial charge in [-0.3, -0.25) is 9.59 Å². The summed E-state index contributed by atoms with van der Waals surface area (Å²) in [5.41, 5.74) is -0.131. The molecule has 0 bridgehead atoms. The number of amides is 1. The van der Waals surface area contributed by atoms with Crippen LogP contribution in [-0.2, 0) is 28.9 Å². The van der Waals surface area contributed by atoms with Crippen LogP contribution >= 0.6 is 23.2 Å². The quantitative estimate of drug-likeness (QED) is 0.364. The highest BCUT2D eigenvalue weighted by molar-refractivity contribution is 7.92. The van der Waals surface area contributed by atoms with Gasteiger partial charge in [-0.1, -0.05) is 61.3 Å². The molecule has 0 unspecified atom stereocenters. The van der Waals surface area contributed by atoms with Gasteiger partial charge in [0.05, 0.1) is 30.8 Å². The molecule has 7 nitrogen and oxygen atoms in total. The topological polar surface area (TPSA) is 110 Å². The fourth-order valence-corrected chi connectivity index (χ4v) is 10.1. The number of benzene rings is 2. The Morgan fingerprint density at radius 2 is 1.77 bits per heavy atom. The molecule has 5 rings (SSSR count). The van der Waals surface area contributed by atoms with Crippen LogP contribution in [0.5, 0.6) is 0 Å². The lowest BCUT2D eigenvalue weighted by Gasteiger charge is -2.47. The molecule has 1 amide bonds. The van der Waals surface area contributed by atoms with Crippen LogP contribution in [0.15, 0.2) is 48.5 Å². The van der Waals surface area contributed by atoms with Gasteiger partial charge in [0.1, 0.15) is 4.75 Å². The minimum atomic E-state index is -3.78. The molecule has 3 fully saturated rings. The molecule has 2 N–H and O–H groups in total. The van der Waals surface area contributed by atoms with Gasteiger partial charge in [-0.15, -0.1) is 0 Å². The number of nitrogens with one attached hydrogen (secondary N) is 1. The number of carbonyl (C=O) groups is 2. The maximum absolute atomic E-state index is 14.7. The molecule has 216 valence electrons. The first-order valence-electron chi connectivity index (χ1n) is 13.6. The largest absolute Gasteiger partial charge is 0.481 e. The van der Waals surface area contributed by atoms with E-state index in [0.29, 0.717) is 28.8 Å². The van der Waals surface area contributed by atoms with Crippen LogP contribution < -0.4 is 5.32 Å². The van der Waals surface area contributed by atoms with Crippen LogP contribution in [0.2, 0.25) is 10.0 Å². The summed E-state index contributed by atoms with van der Waals surface area (Å²) in [6.45, 7) is 4.35. The molecule has 2 saturated heterocycles. The Balaban J connectivity index is 1.62. The molecule has 0 spiro atoms. The molecule has 2 aromatic rings. The van der Waals surface area contributed by atoms with Crippen molar-refractivity contribution in [2.75, 3.05) is 19.0 Å². The van der Waals surface area contributed by atoms with Gasteiger partial charge in [-0.25, -0.2) is 8.42 Å². The maximum atomic E-state index is 14.7. The van der Waals surface area contributed by atoms with Gasteiger partial charge in [-0.2, -0.15) is 0 Å². The van der Waals surface area contributed by atoms with Gasteiger partial charge >= 0.3 is 5.97 Å². The number of hydrogen-bond donors (Lipinski definition) is 2. The number of rotatable bonds is 10. The average molecular weight is 609 g/mol. The number of hydrogen-bond acceptors (Lipinski definition) is 5. The first-order chi connectivity index (χ1) is 18.8. The van der Waals surface area contributed by atoms with E-state index in [9.17, 15) is 23.1 Å². The number of sulfone groups is 1. The monoisotopic (exact) mass is 607 g/mol. The normalized spacial score (nSPS) is 27.8. The summed E-state index contributed by atoms with van der Waals surface area (Å²) in [4.78, 5) is 25.2. The highest BCUT2D eigenvalue weighted by atomic mass is 35.5. The van der Waals surface area contributed by atoms with Gasteiger partial charge in [-0.05, 0) is 67.0 Å². The number of aliphatic carboxylic acids is 1. The van der Waals surface area contributed by atoms with E-state index < -0.39 is 37.4 Å². The summed E-state index contributed by atoms with van der Waals surface area (Å²) in [7, 11) is -3.78. The number of piperidine rings is 1. The Bertz CT molecular complexity index is 1410. The lowest BCUT2D eigenvalue weighted by molar-refractivity contribution is -0.147. The first kappa shape index (κ1) is 29.4. The zero-order valence-corrected chi connectivity index (χ0v) is 25.0. The molecule has 10 heteroatoms. The fraction of sp³-hybridized carbons (Fsp3) is 0.533. The number of carbonyl (C=O) groups excluding carboxylic acids is 1. The highest BCUT2D eigenvalue weighted by Gasteiger charge is 2.60. The maximum Gasteiger partial charge on any atom is 0.304 e. The zero-order valence-electron chi connectivity index (χ0n) is 22.7. The minimum absolute atomic E-state index is 0.0294. The van der Waals surface area contributed by atoms with Gasteiger partial charge in [0.2, 0.25) is 5.91 Å². The molecule has 1 saturated carbocycles. The van der Waals surface area contributed by atoms with Gasteiger partial charge < -0.3 is 15.2 Å². The lowest BCUT2D eigenvalue weighted by atomic mass is 9.67. The first-order valence-corrected chi connectivity index (χ1v) is 16.0. The molecule has 1 aliphatic carbocycles. The second-order valence-corrected chi connectivity index (χ2v) is 15.6. The lowest BCUT2D eigenvalue weighted by Crippen LogP contribution is -2.58. The molecule has 3 aliphatic rings. The predicted molar refractivity (Wildman–Crippen MR) is 154 cm³/mol. The van der Waals surface area contributed by atoms with Crippen molar-refractivity contribution in [3.8, 4) is 0 Å². The Morgan fingerprint density at radius 1 is 1.10 bits per heavy atom. The Labute approximate surface area is 245 Å². The number of carboxylic acid groups (broad SMARTS) is 1. The van der Waals surface area contributed by atoms with E-state index >= 15 is 0 Å². The fourth-order valence-electron chi connectivity index (χ4n) is 6.74. The van der Waals surface area contributed by atoms with Crippen molar-refractivity contribution in [3.05, 3.63) is 69.7 Å². The summed E-state index contributed by atoms with van der Waals surface area (Å²) >= 11 is 12.6. The van der Waals surface area contributed by atoms with E-state index in [-0.39, 0.29) is 42.8 Å². The van der Waals surface area contributed by atoms with E-state index in [1.165, 1.54) is 0 Å². The van der Waals surface area contributed by atoms with E-state index in [1.54, 1.807) is 37.3 Å². The molecule has 2 aromatic carbocycles. The Kier molecular flexibility index (Phi) is 7.79. The molecular weight excluding hydrogens is 573 g/mol. The van der Waals surface area contributed by atoms with Gasteiger partial charge in [0.25, 0.3) is 0 Å². The van der Waals surface area contributed by atoms with Crippen molar-refractivity contribution in [2.24, 2.45) is 16.7 Å². The molecular formula is C30H35Cl2NO6S. The standard InChI is InChI=1S/C30H35Cl2NO6S/c1-28(16-39-17-28)18-40(37,38)30(20-6-7-20,21-8-10-22(31)11-9-21)14-25-24(19-4-3-5-23(32)12-19)13-29(2,15-26(34)35)27(36)33-25/h3-5,8-12,20,24-25H,6-7,13-18H2,1-2H3,(H,33,36)(H,34,35)/t24-,25+,29+,30+/m1/s1. The molecule has 0 radical (unpaired) electrons. The number of halogens is 2. The van der Waals surface area contributed by atoms with E-state index in [0.717, 1.165) is 18.4 Å². The SMILES string of the molecule is CC1(CS(=O)(=O)[C@](C[C@@H]2NC(=O)[C@](C)(CC(=O)O)C[C@@H]2c2cccc(Cl)c2)(c2ccc(Cl)cc2)C2CC2)COC1. The molecule has 0 aromatic heterocycles. The zero-order chi connectivity index (χ0) is 28.9. The second-order valence-electron chi connectivity index (χ2n) is 12.5.